The first-order valence-corrected chi connectivity index (χ1v) is 5.28. The minimum absolute atomic E-state index is 0.0947. The number of ether oxygens (including phenoxy) is 1. The smallest absolute Gasteiger partial charge is 0.422 e. The molecule has 0 heterocycles. The van der Waals surface area contributed by atoms with Crippen molar-refractivity contribution in [3.05, 3.63) is 28.2 Å². The Bertz CT molecular complexity index is 408. The lowest BCUT2D eigenvalue weighted by Crippen LogP contribution is -2.19. The molecule has 0 saturated heterocycles. The highest BCUT2D eigenvalue weighted by Gasteiger charge is 2.28. The van der Waals surface area contributed by atoms with Gasteiger partial charge in [-0.3, -0.25) is 0 Å². The molecule has 0 spiro atoms. The first-order chi connectivity index (χ1) is 7.29. The van der Waals surface area contributed by atoms with Gasteiger partial charge in [-0.1, -0.05) is 12.2 Å². The molecule has 0 aromatic heterocycles. The Morgan fingerprint density at radius 1 is 1.44 bits per heavy atom. The highest BCUT2D eigenvalue weighted by Crippen LogP contribution is 2.27. The molecule has 0 aliphatic carbocycles. The molecule has 2 nitrogen and oxygen atoms in total. The fourth-order valence-corrected chi connectivity index (χ4v) is 1.55. The van der Waals surface area contributed by atoms with Crippen molar-refractivity contribution in [3.63, 3.8) is 0 Å². The predicted molar refractivity (Wildman–Crippen MR) is 61.6 cm³/mol. The molecule has 0 amide bonds. The third-order valence-corrected chi connectivity index (χ3v) is 2.46. The van der Waals surface area contributed by atoms with Crippen LogP contribution in [-0.2, 0) is 0 Å². The third kappa shape index (κ3) is 3.97. The average molecular weight is 314 g/mol. The number of hydrogen-bond donors (Lipinski definition) is 1. The number of rotatable bonds is 3. The minimum atomic E-state index is -4.36. The SMILES string of the molecule is NC(=S)c1ccc(OCC(F)(F)F)c(Br)c1. The van der Waals surface area contributed by atoms with Gasteiger partial charge in [0.05, 0.1) is 4.47 Å². The summed E-state index contributed by atoms with van der Waals surface area (Å²) in [7, 11) is 0. The quantitative estimate of drug-likeness (QED) is 0.871. The van der Waals surface area contributed by atoms with Crippen molar-refractivity contribution in [3.8, 4) is 5.75 Å². The van der Waals surface area contributed by atoms with Gasteiger partial charge in [0.1, 0.15) is 10.7 Å². The molecule has 0 atom stereocenters. The van der Waals surface area contributed by atoms with Crippen molar-refractivity contribution in [2.75, 3.05) is 6.61 Å². The van der Waals surface area contributed by atoms with Gasteiger partial charge >= 0.3 is 6.18 Å². The van der Waals surface area contributed by atoms with Gasteiger partial charge in [-0.2, -0.15) is 13.2 Å². The lowest BCUT2D eigenvalue weighted by Gasteiger charge is -2.11. The van der Waals surface area contributed by atoms with Gasteiger partial charge in [0.15, 0.2) is 6.61 Å². The first kappa shape index (κ1) is 13.2. The molecule has 0 aliphatic rings. The van der Waals surface area contributed by atoms with Crippen molar-refractivity contribution < 1.29 is 17.9 Å². The van der Waals surface area contributed by atoms with Crippen molar-refractivity contribution in [2.24, 2.45) is 5.73 Å². The summed E-state index contributed by atoms with van der Waals surface area (Å²) in [6, 6.07) is 4.39. The van der Waals surface area contributed by atoms with E-state index >= 15 is 0 Å². The zero-order chi connectivity index (χ0) is 12.3. The van der Waals surface area contributed by atoms with E-state index in [1.54, 1.807) is 0 Å². The van der Waals surface area contributed by atoms with E-state index in [2.05, 4.69) is 20.7 Å². The van der Waals surface area contributed by atoms with Crippen molar-refractivity contribution in [1.29, 1.82) is 0 Å². The monoisotopic (exact) mass is 313 g/mol. The Morgan fingerprint density at radius 2 is 2.06 bits per heavy atom. The van der Waals surface area contributed by atoms with Crippen LogP contribution in [0.1, 0.15) is 5.56 Å². The molecule has 2 N–H and O–H groups in total. The number of alkyl halides is 3. The van der Waals surface area contributed by atoms with Gasteiger partial charge < -0.3 is 10.5 Å². The van der Waals surface area contributed by atoms with E-state index in [0.717, 1.165) is 0 Å². The molecule has 1 aromatic carbocycles. The number of halogens is 4. The molecule has 0 saturated carbocycles. The van der Waals surface area contributed by atoms with Gasteiger partial charge in [0.25, 0.3) is 0 Å². The highest BCUT2D eigenvalue weighted by molar-refractivity contribution is 9.10. The number of nitrogens with two attached hydrogens (primary N) is 1. The zero-order valence-corrected chi connectivity index (χ0v) is 10.2. The molecule has 16 heavy (non-hydrogen) atoms. The molecule has 0 bridgehead atoms. The van der Waals surface area contributed by atoms with Crippen LogP contribution in [0.15, 0.2) is 22.7 Å². The number of benzene rings is 1. The maximum absolute atomic E-state index is 11.9. The van der Waals surface area contributed by atoms with Gasteiger partial charge in [0, 0.05) is 5.56 Å². The van der Waals surface area contributed by atoms with Gasteiger partial charge in [0.2, 0.25) is 0 Å². The van der Waals surface area contributed by atoms with E-state index < -0.39 is 12.8 Å². The molecule has 1 rings (SSSR count). The second kappa shape index (κ2) is 5.01. The maximum Gasteiger partial charge on any atom is 0.422 e. The molecule has 0 aliphatic heterocycles. The highest BCUT2D eigenvalue weighted by atomic mass is 79.9. The normalized spacial score (nSPS) is 11.2. The summed E-state index contributed by atoms with van der Waals surface area (Å²) < 4.78 is 40.7. The van der Waals surface area contributed by atoms with Gasteiger partial charge in [-0.25, -0.2) is 0 Å². The lowest BCUT2D eigenvalue weighted by atomic mass is 10.2. The Kier molecular flexibility index (Phi) is 4.15. The summed E-state index contributed by atoms with van der Waals surface area (Å²) in [4.78, 5) is 0.170. The summed E-state index contributed by atoms with van der Waals surface area (Å²) in [5.41, 5.74) is 5.92. The third-order valence-electron chi connectivity index (χ3n) is 1.61. The standard InChI is InChI=1S/C9H7BrF3NOS/c10-6-3-5(8(14)16)1-2-7(6)15-4-9(11,12)13/h1-3H,4H2,(H2,14,16). The molecule has 88 valence electrons. The van der Waals surface area contributed by atoms with E-state index in [0.29, 0.717) is 10.0 Å². The minimum Gasteiger partial charge on any atom is -0.483 e. The molecule has 0 fully saturated rings. The van der Waals surface area contributed by atoms with Crippen LogP contribution in [0.4, 0.5) is 13.2 Å². The summed E-state index contributed by atoms with van der Waals surface area (Å²) in [6.07, 6.45) is -4.36. The van der Waals surface area contributed by atoms with Crippen LogP contribution in [0, 0.1) is 0 Å². The Balaban J connectivity index is 2.80. The van der Waals surface area contributed by atoms with Crippen LogP contribution >= 0.6 is 28.1 Å². The lowest BCUT2D eigenvalue weighted by molar-refractivity contribution is -0.153. The number of thiocarbonyl (C=S) groups is 1. The van der Waals surface area contributed by atoms with Crippen LogP contribution in [0.5, 0.6) is 5.75 Å². The van der Waals surface area contributed by atoms with Crippen LogP contribution < -0.4 is 10.5 Å². The molecular formula is C9H7BrF3NOS. The first-order valence-electron chi connectivity index (χ1n) is 4.08. The summed E-state index contributed by atoms with van der Waals surface area (Å²) in [5.74, 6) is 0.0947. The van der Waals surface area contributed by atoms with Crippen LogP contribution in [-0.4, -0.2) is 17.8 Å². The van der Waals surface area contributed by atoms with Crippen LogP contribution in [0.25, 0.3) is 0 Å². The second-order valence-corrected chi connectivity index (χ2v) is 4.21. The second-order valence-electron chi connectivity index (χ2n) is 2.91. The predicted octanol–water partition coefficient (Wildman–Crippen LogP) is 3.02. The molecule has 0 unspecified atom stereocenters. The Hall–Kier alpha value is -0.820. The molecule has 7 heteroatoms. The fraction of sp³-hybridized carbons (Fsp3) is 0.222. The fourth-order valence-electron chi connectivity index (χ4n) is 0.931. The topological polar surface area (TPSA) is 35.2 Å². The van der Waals surface area contributed by atoms with Gasteiger partial charge in [-0.15, -0.1) is 0 Å². The van der Waals surface area contributed by atoms with E-state index in [1.165, 1.54) is 18.2 Å². The summed E-state index contributed by atoms with van der Waals surface area (Å²) in [5, 5.41) is 0. The average Bonchev–Trinajstić information content (AvgIpc) is 2.14. The van der Waals surface area contributed by atoms with Gasteiger partial charge in [-0.05, 0) is 34.1 Å². The number of hydrogen-bond acceptors (Lipinski definition) is 2. The van der Waals surface area contributed by atoms with Crippen molar-refractivity contribution >= 4 is 33.1 Å². The van der Waals surface area contributed by atoms with E-state index in [1.807, 2.05) is 0 Å². The molecule has 0 radical (unpaired) electrons. The van der Waals surface area contributed by atoms with Crippen LogP contribution in [0.2, 0.25) is 0 Å². The summed E-state index contributed by atoms with van der Waals surface area (Å²) >= 11 is 7.80. The zero-order valence-electron chi connectivity index (χ0n) is 7.84. The van der Waals surface area contributed by atoms with Crippen LogP contribution in [0.3, 0.4) is 0 Å². The maximum atomic E-state index is 11.9. The Morgan fingerprint density at radius 3 is 2.50 bits per heavy atom. The molecular weight excluding hydrogens is 307 g/mol. The molecule has 1 aromatic rings. The largest absolute Gasteiger partial charge is 0.483 e. The van der Waals surface area contributed by atoms with Crippen molar-refractivity contribution in [2.45, 2.75) is 6.18 Å². The van der Waals surface area contributed by atoms with E-state index in [-0.39, 0.29) is 10.7 Å². The Labute approximate surface area is 104 Å². The van der Waals surface area contributed by atoms with Crippen molar-refractivity contribution in [1.82, 2.24) is 0 Å². The van der Waals surface area contributed by atoms with E-state index in [9.17, 15) is 13.2 Å². The summed E-state index contributed by atoms with van der Waals surface area (Å²) in [6.45, 7) is -1.34. The van der Waals surface area contributed by atoms with E-state index in [4.69, 9.17) is 18.0 Å².